The van der Waals surface area contributed by atoms with Crippen molar-refractivity contribution in [2.75, 3.05) is 6.61 Å². The Balaban J connectivity index is 2.39. The van der Waals surface area contributed by atoms with Crippen molar-refractivity contribution in [1.29, 1.82) is 0 Å². The summed E-state index contributed by atoms with van der Waals surface area (Å²) in [7, 11) is 0. The van der Waals surface area contributed by atoms with Crippen LogP contribution in [-0.2, 0) is 4.74 Å². The fourth-order valence-corrected chi connectivity index (χ4v) is 1.49. The maximum Gasteiger partial charge on any atom is 0.0773 e. The fraction of sp³-hybridized carbons (Fsp3) is 0.556. The minimum Gasteiger partial charge on any atom is -0.374 e. The Bertz CT molecular complexity index is 167. The summed E-state index contributed by atoms with van der Waals surface area (Å²) in [6.07, 6.45) is 6.68. The van der Waals surface area contributed by atoms with Crippen LogP contribution in [-0.4, -0.2) is 12.2 Å². The van der Waals surface area contributed by atoms with Gasteiger partial charge in [-0.15, -0.1) is 0 Å². The van der Waals surface area contributed by atoms with E-state index in [0.29, 0.717) is 0 Å². The van der Waals surface area contributed by atoms with Crippen molar-refractivity contribution >= 4 is 23.2 Å². The summed E-state index contributed by atoms with van der Waals surface area (Å²) in [5, 5.41) is 0. The van der Waals surface area contributed by atoms with Crippen molar-refractivity contribution in [2.45, 2.75) is 24.9 Å². The number of rotatable bonds is 4. The van der Waals surface area contributed by atoms with Gasteiger partial charge in [0.2, 0.25) is 0 Å². The first kappa shape index (κ1) is 10.1. The molecule has 0 amide bonds. The monoisotopic (exact) mass is 206 g/mol. The molecule has 0 radical (unpaired) electrons. The summed E-state index contributed by atoms with van der Waals surface area (Å²) >= 11 is 10.9. The molecule has 0 atom stereocenters. The van der Waals surface area contributed by atoms with Gasteiger partial charge in [-0.3, -0.25) is 0 Å². The second kappa shape index (κ2) is 4.90. The van der Waals surface area contributed by atoms with Gasteiger partial charge in [0.15, 0.2) is 0 Å². The van der Waals surface area contributed by atoms with E-state index in [9.17, 15) is 0 Å². The number of hydrogen-bond donors (Lipinski definition) is 0. The van der Waals surface area contributed by atoms with Crippen LogP contribution in [0.3, 0.4) is 0 Å². The molecule has 1 fully saturated rings. The van der Waals surface area contributed by atoms with E-state index in [1.807, 2.05) is 12.2 Å². The van der Waals surface area contributed by atoms with Crippen molar-refractivity contribution in [3.05, 3.63) is 23.2 Å². The molecule has 0 aliphatic carbocycles. The SMILES string of the molecule is ClC=CCC1(CC=CCl)CCO1. The Morgan fingerprint density at radius 2 is 1.67 bits per heavy atom. The molecule has 0 aromatic heterocycles. The Labute approximate surface area is 83.0 Å². The maximum absolute atomic E-state index is 5.50. The molecular formula is C9H12Cl2O. The second-order valence-electron chi connectivity index (χ2n) is 2.91. The predicted molar refractivity (Wildman–Crippen MR) is 52.5 cm³/mol. The molecule has 0 N–H and O–H groups in total. The second-order valence-corrected chi connectivity index (χ2v) is 3.42. The smallest absolute Gasteiger partial charge is 0.0773 e. The van der Waals surface area contributed by atoms with Crippen molar-refractivity contribution < 1.29 is 4.74 Å². The first-order valence-electron chi connectivity index (χ1n) is 3.97. The first-order chi connectivity index (χ1) is 5.83. The molecule has 1 aliphatic rings. The highest BCUT2D eigenvalue weighted by Gasteiger charge is 2.35. The molecule has 0 bridgehead atoms. The lowest BCUT2D eigenvalue weighted by molar-refractivity contribution is -0.142. The van der Waals surface area contributed by atoms with Gasteiger partial charge >= 0.3 is 0 Å². The van der Waals surface area contributed by atoms with Crippen LogP contribution in [0.1, 0.15) is 19.3 Å². The zero-order valence-corrected chi connectivity index (χ0v) is 8.31. The highest BCUT2D eigenvalue weighted by molar-refractivity contribution is 6.25. The van der Waals surface area contributed by atoms with E-state index in [1.165, 1.54) is 11.1 Å². The third-order valence-electron chi connectivity index (χ3n) is 2.12. The Kier molecular flexibility index (Phi) is 4.13. The molecule has 1 aliphatic heterocycles. The van der Waals surface area contributed by atoms with E-state index < -0.39 is 0 Å². The molecule has 1 rings (SSSR count). The standard InChI is InChI=1S/C9H12Cl2O/c10-6-1-3-9(4-2-7-11)5-8-12-9/h1-2,6-7H,3-5,8H2. The zero-order chi connectivity index (χ0) is 8.86. The summed E-state index contributed by atoms with van der Waals surface area (Å²) in [4.78, 5) is 0. The van der Waals surface area contributed by atoms with E-state index in [-0.39, 0.29) is 5.60 Å². The molecule has 3 heteroatoms. The first-order valence-corrected chi connectivity index (χ1v) is 4.85. The summed E-state index contributed by atoms with van der Waals surface area (Å²) in [5.74, 6) is 0. The van der Waals surface area contributed by atoms with Crippen LogP contribution in [0.5, 0.6) is 0 Å². The molecule has 0 aromatic rings. The molecule has 0 aromatic carbocycles. The third-order valence-corrected chi connectivity index (χ3v) is 2.48. The van der Waals surface area contributed by atoms with Gasteiger partial charge in [0.05, 0.1) is 12.2 Å². The largest absolute Gasteiger partial charge is 0.374 e. The van der Waals surface area contributed by atoms with Crippen LogP contribution in [0.2, 0.25) is 0 Å². The molecule has 68 valence electrons. The Morgan fingerprint density at radius 3 is 1.92 bits per heavy atom. The van der Waals surface area contributed by atoms with E-state index in [0.717, 1.165) is 25.9 Å². The van der Waals surface area contributed by atoms with Crippen molar-refractivity contribution in [3.63, 3.8) is 0 Å². The van der Waals surface area contributed by atoms with Crippen LogP contribution in [0.15, 0.2) is 23.2 Å². The van der Waals surface area contributed by atoms with Gasteiger partial charge in [0.25, 0.3) is 0 Å². The average Bonchev–Trinajstić information content (AvgIpc) is 2.02. The van der Waals surface area contributed by atoms with Crippen LogP contribution in [0.4, 0.5) is 0 Å². The summed E-state index contributed by atoms with van der Waals surface area (Å²) in [6.45, 7) is 0.853. The molecule has 1 heterocycles. The number of hydrogen-bond acceptors (Lipinski definition) is 1. The molecular weight excluding hydrogens is 195 g/mol. The maximum atomic E-state index is 5.50. The average molecular weight is 207 g/mol. The van der Waals surface area contributed by atoms with Crippen molar-refractivity contribution in [1.82, 2.24) is 0 Å². The number of halogens is 2. The van der Waals surface area contributed by atoms with Gasteiger partial charge in [-0.2, -0.15) is 0 Å². The van der Waals surface area contributed by atoms with Gasteiger partial charge in [0.1, 0.15) is 0 Å². The Hall–Kier alpha value is 0.0200. The van der Waals surface area contributed by atoms with Crippen LogP contribution < -0.4 is 0 Å². The molecule has 1 nitrogen and oxygen atoms in total. The zero-order valence-electron chi connectivity index (χ0n) is 6.80. The molecule has 12 heavy (non-hydrogen) atoms. The van der Waals surface area contributed by atoms with E-state index in [1.54, 1.807) is 0 Å². The lowest BCUT2D eigenvalue weighted by Gasteiger charge is -2.40. The van der Waals surface area contributed by atoms with Gasteiger partial charge in [0, 0.05) is 17.5 Å². The van der Waals surface area contributed by atoms with Gasteiger partial charge in [-0.25, -0.2) is 0 Å². The highest BCUT2D eigenvalue weighted by Crippen LogP contribution is 2.34. The van der Waals surface area contributed by atoms with Crippen LogP contribution in [0, 0.1) is 0 Å². The van der Waals surface area contributed by atoms with Crippen molar-refractivity contribution in [3.8, 4) is 0 Å². The third kappa shape index (κ3) is 2.51. The Morgan fingerprint density at radius 1 is 1.17 bits per heavy atom. The normalized spacial score (nSPS) is 29.8. The van der Waals surface area contributed by atoms with Gasteiger partial charge < -0.3 is 4.74 Å². The summed E-state index contributed by atoms with van der Waals surface area (Å²) < 4.78 is 5.50. The minimum atomic E-state index is -0.0171. The minimum absolute atomic E-state index is 0.0171. The van der Waals surface area contributed by atoms with Crippen LogP contribution in [0.25, 0.3) is 0 Å². The fourth-order valence-electron chi connectivity index (χ4n) is 1.31. The van der Waals surface area contributed by atoms with E-state index in [2.05, 4.69) is 0 Å². The molecule has 1 saturated heterocycles. The molecule has 0 unspecified atom stereocenters. The summed E-state index contributed by atoms with van der Waals surface area (Å²) in [5.41, 5.74) is 3.05. The number of ether oxygens (including phenoxy) is 1. The quantitative estimate of drug-likeness (QED) is 0.686. The lowest BCUT2D eigenvalue weighted by atomic mass is 9.87. The molecule has 0 spiro atoms. The van der Waals surface area contributed by atoms with Crippen molar-refractivity contribution in [2.24, 2.45) is 0 Å². The summed E-state index contributed by atoms with van der Waals surface area (Å²) in [6, 6.07) is 0. The predicted octanol–water partition coefficient (Wildman–Crippen LogP) is 3.43. The van der Waals surface area contributed by atoms with E-state index >= 15 is 0 Å². The molecule has 0 saturated carbocycles. The van der Waals surface area contributed by atoms with E-state index in [4.69, 9.17) is 27.9 Å². The van der Waals surface area contributed by atoms with Gasteiger partial charge in [-0.1, -0.05) is 35.4 Å². The van der Waals surface area contributed by atoms with Gasteiger partial charge in [-0.05, 0) is 12.8 Å². The lowest BCUT2D eigenvalue weighted by Crippen LogP contribution is -2.42. The highest BCUT2D eigenvalue weighted by atomic mass is 35.5. The topological polar surface area (TPSA) is 9.23 Å². The van der Waals surface area contributed by atoms with Crippen LogP contribution >= 0.6 is 23.2 Å².